The monoisotopic (exact) mass is 297 g/mol. The number of piperazine rings is 1. The van der Waals surface area contributed by atoms with E-state index in [1.54, 1.807) is 0 Å². The fraction of sp³-hybridized carbons (Fsp3) is 0.538. The predicted molar refractivity (Wildman–Crippen MR) is 75.9 cm³/mol. The van der Waals surface area contributed by atoms with Gasteiger partial charge in [-0.15, -0.1) is 0 Å². The lowest BCUT2D eigenvalue weighted by molar-refractivity contribution is 0.1000. The van der Waals surface area contributed by atoms with Gasteiger partial charge in [0, 0.05) is 42.4 Å². The van der Waals surface area contributed by atoms with Crippen LogP contribution in [0.4, 0.5) is 5.69 Å². The molecule has 0 saturated carbocycles. The number of benzene rings is 1. The van der Waals surface area contributed by atoms with E-state index in [1.807, 2.05) is 6.07 Å². The molecule has 0 radical (unpaired) electrons. The number of likely N-dealkylation sites (N-methyl/N-ethyl adjacent to an activating group) is 1. The molecule has 2 rings (SSSR count). The summed E-state index contributed by atoms with van der Waals surface area (Å²) in [5.74, 6) is 0. The van der Waals surface area contributed by atoms with Crippen molar-refractivity contribution in [2.45, 2.75) is 19.5 Å². The van der Waals surface area contributed by atoms with Crippen molar-refractivity contribution in [1.29, 1.82) is 0 Å². The molecule has 1 saturated heterocycles. The highest BCUT2D eigenvalue weighted by Gasteiger charge is 2.20. The number of rotatable bonds is 2. The third kappa shape index (κ3) is 3.21. The van der Waals surface area contributed by atoms with Gasteiger partial charge in [0.2, 0.25) is 0 Å². The van der Waals surface area contributed by atoms with E-state index >= 15 is 0 Å². The first-order valence-corrected chi connectivity index (χ1v) is 6.82. The van der Waals surface area contributed by atoms with Gasteiger partial charge in [-0.25, -0.2) is 0 Å². The van der Waals surface area contributed by atoms with Gasteiger partial charge in [-0.3, -0.25) is 4.90 Å². The number of hydrogen-bond acceptors (Lipinski definition) is 3. The molecule has 1 aliphatic rings. The molecule has 1 atom stereocenters. The van der Waals surface area contributed by atoms with Crippen molar-refractivity contribution in [2.24, 2.45) is 0 Å². The van der Waals surface area contributed by atoms with Crippen LogP contribution in [0.25, 0.3) is 0 Å². The van der Waals surface area contributed by atoms with Crippen molar-refractivity contribution >= 4 is 21.6 Å². The number of nitrogens with two attached hydrogens (primary N) is 1. The molecule has 0 aromatic heterocycles. The average molecular weight is 298 g/mol. The second-order valence-corrected chi connectivity index (χ2v) is 5.77. The van der Waals surface area contributed by atoms with Crippen LogP contribution >= 0.6 is 15.9 Å². The third-order valence-electron chi connectivity index (χ3n) is 3.51. The maximum atomic E-state index is 5.90. The van der Waals surface area contributed by atoms with Crippen LogP contribution in [0, 0.1) is 0 Å². The third-order valence-corrected chi connectivity index (χ3v) is 4.23. The summed E-state index contributed by atoms with van der Waals surface area (Å²) >= 11 is 3.43. The number of halogens is 1. The number of nitrogen functional groups attached to an aromatic ring is 1. The molecule has 1 heterocycles. The molecule has 1 unspecified atom stereocenters. The lowest BCUT2D eigenvalue weighted by Crippen LogP contribution is -2.49. The Morgan fingerprint density at radius 3 is 2.82 bits per heavy atom. The minimum Gasteiger partial charge on any atom is -0.398 e. The summed E-state index contributed by atoms with van der Waals surface area (Å²) in [4.78, 5) is 4.90. The fourth-order valence-corrected chi connectivity index (χ4v) is 2.46. The van der Waals surface area contributed by atoms with Crippen molar-refractivity contribution in [2.75, 3.05) is 32.4 Å². The van der Waals surface area contributed by atoms with Gasteiger partial charge in [-0.05, 0) is 47.6 Å². The van der Waals surface area contributed by atoms with Gasteiger partial charge in [0.05, 0.1) is 0 Å². The highest BCUT2D eigenvalue weighted by molar-refractivity contribution is 9.10. The Labute approximate surface area is 112 Å². The summed E-state index contributed by atoms with van der Waals surface area (Å²) in [6.45, 7) is 6.69. The van der Waals surface area contributed by atoms with E-state index in [0.717, 1.165) is 36.3 Å². The van der Waals surface area contributed by atoms with Gasteiger partial charge in [0.25, 0.3) is 0 Å². The zero-order valence-corrected chi connectivity index (χ0v) is 12.1. The quantitative estimate of drug-likeness (QED) is 0.849. The molecular formula is C13H20BrN3. The molecule has 1 aromatic rings. The van der Waals surface area contributed by atoms with Gasteiger partial charge in [0.15, 0.2) is 0 Å². The van der Waals surface area contributed by atoms with Gasteiger partial charge in [-0.2, -0.15) is 0 Å². The zero-order valence-electron chi connectivity index (χ0n) is 10.5. The van der Waals surface area contributed by atoms with E-state index in [2.05, 4.69) is 51.8 Å². The Bertz CT molecular complexity index is 394. The minimum absolute atomic E-state index is 0.636. The molecule has 1 fully saturated rings. The van der Waals surface area contributed by atoms with E-state index < -0.39 is 0 Å². The van der Waals surface area contributed by atoms with Crippen molar-refractivity contribution in [3.05, 3.63) is 28.2 Å². The zero-order chi connectivity index (χ0) is 12.4. The van der Waals surface area contributed by atoms with E-state index in [1.165, 1.54) is 5.56 Å². The minimum atomic E-state index is 0.636. The second kappa shape index (κ2) is 5.38. The van der Waals surface area contributed by atoms with Crippen LogP contribution in [0.1, 0.15) is 12.5 Å². The van der Waals surface area contributed by atoms with Crippen LogP contribution in [0.5, 0.6) is 0 Å². The summed E-state index contributed by atoms with van der Waals surface area (Å²) in [6.07, 6.45) is 0. The van der Waals surface area contributed by atoms with Crippen LogP contribution in [0.3, 0.4) is 0 Å². The standard InChI is InChI=1S/C13H20BrN3/c1-10-8-17(6-5-16(10)2)9-11-3-4-12(14)13(15)7-11/h3-4,7,10H,5-6,8-9,15H2,1-2H3. The van der Waals surface area contributed by atoms with E-state index in [9.17, 15) is 0 Å². The van der Waals surface area contributed by atoms with Crippen molar-refractivity contribution in [3.8, 4) is 0 Å². The summed E-state index contributed by atoms with van der Waals surface area (Å²) in [5, 5.41) is 0. The molecule has 0 bridgehead atoms. The van der Waals surface area contributed by atoms with E-state index in [-0.39, 0.29) is 0 Å². The summed E-state index contributed by atoms with van der Waals surface area (Å²) in [7, 11) is 2.19. The average Bonchev–Trinajstić information content (AvgIpc) is 2.29. The highest BCUT2D eigenvalue weighted by atomic mass is 79.9. The van der Waals surface area contributed by atoms with Crippen LogP contribution in [0.2, 0.25) is 0 Å². The van der Waals surface area contributed by atoms with Gasteiger partial charge in [0.1, 0.15) is 0 Å². The van der Waals surface area contributed by atoms with Gasteiger partial charge >= 0.3 is 0 Å². The Balaban J connectivity index is 1.99. The van der Waals surface area contributed by atoms with Crippen molar-refractivity contribution in [1.82, 2.24) is 9.80 Å². The van der Waals surface area contributed by atoms with E-state index in [4.69, 9.17) is 5.73 Å². The van der Waals surface area contributed by atoms with Gasteiger partial charge < -0.3 is 10.6 Å². The summed E-state index contributed by atoms with van der Waals surface area (Å²) < 4.78 is 0.980. The van der Waals surface area contributed by atoms with Gasteiger partial charge in [-0.1, -0.05) is 6.07 Å². The lowest BCUT2D eigenvalue weighted by Gasteiger charge is -2.37. The predicted octanol–water partition coefficient (Wildman–Crippen LogP) is 2.17. The summed E-state index contributed by atoms with van der Waals surface area (Å²) in [5.41, 5.74) is 8.02. The largest absolute Gasteiger partial charge is 0.398 e. The van der Waals surface area contributed by atoms with Crippen molar-refractivity contribution < 1.29 is 0 Å². The first-order valence-electron chi connectivity index (χ1n) is 6.03. The Hall–Kier alpha value is -0.580. The number of hydrogen-bond donors (Lipinski definition) is 1. The van der Waals surface area contributed by atoms with Crippen LogP contribution < -0.4 is 5.73 Å². The Morgan fingerprint density at radius 1 is 1.41 bits per heavy atom. The highest BCUT2D eigenvalue weighted by Crippen LogP contribution is 2.21. The van der Waals surface area contributed by atoms with Crippen LogP contribution in [-0.2, 0) is 6.54 Å². The molecule has 0 amide bonds. The molecule has 4 heteroatoms. The number of anilines is 1. The molecule has 1 aromatic carbocycles. The molecule has 17 heavy (non-hydrogen) atoms. The maximum Gasteiger partial charge on any atom is 0.0461 e. The number of nitrogens with zero attached hydrogens (tertiary/aromatic N) is 2. The fourth-order valence-electron chi connectivity index (χ4n) is 2.22. The maximum absolute atomic E-state index is 5.90. The normalized spacial score (nSPS) is 22.9. The lowest BCUT2D eigenvalue weighted by atomic mass is 10.1. The molecular weight excluding hydrogens is 278 g/mol. The molecule has 3 nitrogen and oxygen atoms in total. The van der Waals surface area contributed by atoms with Crippen LogP contribution in [0.15, 0.2) is 22.7 Å². The molecule has 1 aliphatic heterocycles. The first kappa shape index (κ1) is 12.9. The topological polar surface area (TPSA) is 32.5 Å². The molecule has 2 N–H and O–H groups in total. The smallest absolute Gasteiger partial charge is 0.0461 e. The summed E-state index contributed by atoms with van der Waals surface area (Å²) in [6, 6.07) is 6.87. The second-order valence-electron chi connectivity index (χ2n) is 4.92. The molecule has 0 aliphatic carbocycles. The first-order chi connectivity index (χ1) is 8.06. The molecule has 0 spiro atoms. The van der Waals surface area contributed by atoms with E-state index in [0.29, 0.717) is 6.04 Å². The van der Waals surface area contributed by atoms with Crippen molar-refractivity contribution in [3.63, 3.8) is 0 Å². The SMILES string of the molecule is CC1CN(Cc2ccc(Br)c(N)c2)CCN1C. The van der Waals surface area contributed by atoms with Crippen LogP contribution in [-0.4, -0.2) is 42.5 Å². The molecule has 94 valence electrons. The Kier molecular flexibility index (Phi) is 4.07. The Morgan fingerprint density at radius 2 is 2.18 bits per heavy atom.